The van der Waals surface area contributed by atoms with Crippen LogP contribution in [0.4, 0.5) is 0 Å². The number of allylic oxidation sites excluding steroid dienone is 1. The van der Waals surface area contributed by atoms with Crippen LogP contribution in [-0.2, 0) is 19.1 Å². The smallest absolute Gasteiger partial charge is 0.321 e. The van der Waals surface area contributed by atoms with Crippen LogP contribution in [-0.4, -0.2) is 42.3 Å². The summed E-state index contributed by atoms with van der Waals surface area (Å²) >= 11 is 0. The average Bonchev–Trinajstić information content (AvgIpc) is 2.55. The van der Waals surface area contributed by atoms with Gasteiger partial charge in [-0.2, -0.15) is 0 Å². The predicted molar refractivity (Wildman–Crippen MR) is 111 cm³/mol. The van der Waals surface area contributed by atoms with E-state index in [-0.39, 0.29) is 0 Å². The van der Waals surface area contributed by atoms with Crippen molar-refractivity contribution in [3.05, 3.63) is 46.8 Å². The van der Waals surface area contributed by atoms with Crippen molar-refractivity contribution in [1.29, 1.82) is 0 Å². The topological polar surface area (TPSA) is 52.6 Å². The average molecular weight is 393 g/mol. The lowest BCUT2D eigenvalue weighted by atomic mass is 9.86. The second-order valence-electron chi connectivity index (χ2n) is 8.54. The second kappa shape index (κ2) is 8.82. The molecule has 0 fully saturated rings. The number of benzene rings is 1. The van der Waals surface area contributed by atoms with E-state index in [9.17, 15) is 9.59 Å². The highest BCUT2D eigenvalue weighted by Crippen LogP contribution is 2.34. The van der Waals surface area contributed by atoms with E-state index in [4.69, 9.17) is 9.47 Å². The molecule has 0 aromatic heterocycles. The fraction of sp³-hybridized carbons (Fsp3) is 0.500. The lowest BCUT2D eigenvalue weighted by molar-refractivity contribution is -0.159. The van der Waals surface area contributed by atoms with Gasteiger partial charge >= 0.3 is 11.9 Å². The normalized spacial score (nSPS) is 13.1. The highest BCUT2D eigenvalue weighted by Gasteiger charge is 2.39. The highest BCUT2D eigenvalue weighted by atomic mass is 28.4. The van der Waals surface area contributed by atoms with Crippen LogP contribution in [0.15, 0.2) is 41.2 Å². The van der Waals surface area contributed by atoms with Gasteiger partial charge in [0.1, 0.15) is 0 Å². The van der Waals surface area contributed by atoms with Crippen LogP contribution in [0.5, 0.6) is 0 Å². The van der Waals surface area contributed by atoms with Crippen molar-refractivity contribution in [2.45, 2.75) is 45.2 Å². The molecule has 144 valence electrons. The van der Waals surface area contributed by atoms with Gasteiger partial charge in [-0.05, 0) is 5.56 Å². The number of rotatable bonds is 7. The van der Waals surface area contributed by atoms with Gasteiger partial charge in [-0.3, -0.25) is 9.59 Å². The fourth-order valence-corrected chi connectivity index (χ4v) is 13.9. The van der Waals surface area contributed by atoms with Crippen LogP contribution in [0.25, 0.3) is 0 Å². The zero-order valence-electron chi connectivity index (χ0n) is 17.3. The van der Waals surface area contributed by atoms with Crippen molar-refractivity contribution in [3.63, 3.8) is 0 Å². The van der Waals surface area contributed by atoms with Crippen molar-refractivity contribution in [2.75, 3.05) is 14.2 Å². The molecule has 0 amide bonds. The second-order valence-corrected chi connectivity index (χ2v) is 19.1. The molecule has 0 saturated heterocycles. The van der Waals surface area contributed by atoms with Crippen molar-refractivity contribution in [3.8, 4) is 0 Å². The number of methoxy groups -OCH3 is 2. The molecule has 6 heteroatoms. The summed E-state index contributed by atoms with van der Waals surface area (Å²) in [5.41, 5.74) is 0.919. The highest BCUT2D eigenvalue weighted by molar-refractivity contribution is 7.04. The maximum Gasteiger partial charge on any atom is 0.321 e. The molecule has 0 unspecified atom stereocenters. The Balaban J connectivity index is 3.67. The SMILES string of the molecule is COC(=O)C(C(=O)OC)[C@@H](C=C([Si](C)(C)C)[Si](C)(C)C)c1ccccc1. The van der Waals surface area contributed by atoms with Gasteiger partial charge in [0.15, 0.2) is 5.92 Å². The molecule has 1 aromatic rings. The third-order valence-corrected chi connectivity index (χ3v) is 12.5. The quantitative estimate of drug-likeness (QED) is 0.392. The van der Waals surface area contributed by atoms with Crippen molar-refractivity contribution >= 4 is 28.1 Å². The third kappa shape index (κ3) is 5.67. The van der Waals surface area contributed by atoms with Crippen LogP contribution < -0.4 is 0 Å². The molecule has 0 heterocycles. The van der Waals surface area contributed by atoms with Gasteiger partial charge in [0.2, 0.25) is 0 Å². The molecule has 4 nitrogen and oxygen atoms in total. The molecule has 1 rings (SSSR count). The summed E-state index contributed by atoms with van der Waals surface area (Å²) in [7, 11) is -0.655. The van der Waals surface area contributed by atoms with E-state index in [2.05, 4.69) is 45.4 Å². The Labute approximate surface area is 159 Å². The third-order valence-electron chi connectivity index (χ3n) is 4.42. The van der Waals surface area contributed by atoms with Crippen LogP contribution >= 0.6 is 0 Å². The molecule has 0 radical (unpaired) electrons. The van der Waals surface area contributed by atoms with Gasteiger partial charge in [-0.25, -0.2) is 0 Å². The lowest BCUT2D eigenvalue weighted by Gasteiger charge is -2.34. The Morgan fingerprint density at radius 3 is 1.62 bits per heavy atom. The molecule has 0 N–H and O–H groups in total. The number of hydrogen-bond acceptors (Lipinski definition) is 4. The predicted octanol–water partition coefficient (Wildman–Crippen LogP) is 4.41. The summed E-state index contributed by atoms with van der Waals surface area (Å²) in [5, 5.41) is 0. The monoisotopic (exact) mass is 392 g/mol. The summed E-state index contributed by atoms with van der Waals surface area (Å²) in [4.78, 5) is 26.4. The minimum atomic E-state index is -1.63. The van der Waals surface area contributed by atoms with E-state index in [0.717, 1.165) is 5.56 Å². The van der Waals surface area contributed by atoms with Crippen LogP contribution in [0.2, 0.25) is 39.3 Å². The van der Waals surface area contributed by atoms with Crippen molar-refractivity contribution in [2.24, 2.45) is 5.92 Å². The van der Waals surface area contributed by atoms with E-state index in [1.165, 1.54) is 19.0 Å². The lowest BCUT2D eigenvalue weighted by Crippen LogP contribution is -2.41. The van der Waals surface area contributed by atoms with Crippen LogP contribution in [0, 0.1) is 5.92 Å². The van der Waals surface area contributed by atoms with Crippen LogP contribution in [0.3, 0.4) is 0 Å². The number of ether oxygens (including phenoxy) is 2. The van der Waals surface area contributed by atoms with Gasteiger partial charge in [-0.1, -0.05) is 80.5 Å². The zero-order chi connectivity index (χ0) is 20.1. The molecular weight excluding hydrogens is 360 g/mol. The molecule has 1 atom stereocenters. The summed E-state index contributed by atoms with van der Waals surface area (Å²) in [6.07, 6.45) is 2.17. The van der Waals surface area contributed by atoms with Gasteiger partial charge in [0.25, 0.3) is 0 Å². The standard InChI is InChI=1S/C20H32O4Si2/c1-23-19(21)18(20(22)24-2)16(15-12-10-9-11-13-15)14-17(25(3,4)5)26(6,7)8/h9-14,16,18H,1-8H3/t16-/m0/s1. The Hall–Kier alpha value is -1.67. The maximum absolute atomic E-state index is 12.5. The number of carbonyl (C=O) groups is 2. The Morgan fingerprint density at radius 2 is 1.27 bits per heavy atom. The molecular formula is C20H32O4Si2. The number of esters is 2. The van der Waals surface area contributed by atoms with E-state index in [1.807, 2.05) is 30.3 Å². The van der Waals surface area contributed by atoms with Crippen molar-refractivity contribution in [1.82, 2.24) is 0 Å². The largest absolute Gasteiger partial charge is 0.468 e. The first kappa shape index (κ1) is 22.4. The number of carbonyl (C=O) groups excluding carboxylic acids is 2. The minimum absolute atomic E-state index is 0.399. The molecule has 0 spiro atoms. The molecule has 1 aromatic carbocycles. The van der Waals surface area contributed by atoms with Gasteiger partial charge in [0.05, 0.1) is 30.4 Å². The number of hydrogen-bond donors (Lipinski definition) is 0. The van der Waals surface area contributed by atoms with E-state index in [0.29, 0.717) is 0 Å². The summed E-state index contributed by atoms with van der Waals surface area (Å²) in [5.74, 6) is -2.53. The molecule has 0 aliphatic heterocycles. The van der Waals surface area contributed by atoms with E-state index >= 15 is 0 Å². The molecule has 0 bridgehead atoms. The van der Waals surface area contributed by atoms with E-state index in [1.54, 1.807) is 0 Å². The van der Waals surface area contributed by atoms with Gasteiger partial charge in [0, 0.05) is 5.92 Å². The fourth-order valence-electron chi connectivity index (χ4n) is 3.51. The van der Waals surface area contributed by atoms with Crippen molar-refractivity contribution < 1.29 is 19.1 Å². The molecule has 0 saturated carbocycles. The summed E-state index contributed by atoms with van der Waals surface area (Å²) < 4.78 is 9.89. The summed E-state index contributed by atoms with van der Waals surface area (Å²) in [6, 6.07) is 9.67. The first-order valence-corrected chi connectivity index (χ1v) is 15.9. The van der Waals surface area contributed by atoms with Gasteiger partial charge < -0.3 is 9.47 Å². The van der Waals surface area contributed by atoms with Gasteiger partial charge in [-0.15, -0.1) is 0 Å². The Bertz CT molecular complexity index is 623. The van der Waals surface area contributed by atoms with E-state index < -0.39 is 39.9 Å². The van der Waals surface area contributed by atoms with Crippen LogP contribution in [0.1, 0.15) is 11.5 Å². The Morgan fingerprint density at radius 1 is 0.846 bits per heavy atom. The Kier molecular flexibility index (Phi) is 7.59. The minimum Gasteiger partial charge on any atom is -0.468 e. The molecule has 0 aliphatic carbocycles. The molecule has 0 aliphatic rings. The first-order chi connectivity index (χ1) is 11.9. The maximum atomic E-state index is 12.5. The zero-order valence-corrected chi connectivity index (χ0v) is 19.3. The first-order valence-electron chi connectivity index (χ1n) is 8.87. The molecule has 26 heavy (non-hydrogen) atoms. The summed E-state index contributed by atoms with van der Waals surface area (Å²) in [6.45, 7) is 13.9.